The predicted molar refractivity (Wildman–Crippen MR) is 101 cm³/mol. The lowest BCUT2D eigenvalue weighted by Gasteiger charge is -2.32. The molecule has 7 nitrogen and oxygen atoms in total. The molecule has 1 saturated heterocycles. The van der Waals surface area contributed by atoms with Gasteiger partial charge in [0.25, 0.3) is 5.56 Å². The second-order valence-electron chi connectivity index (χ2n) is 7.78. The fourth-order valence-electron chi connectivity index (χ4n) is 3.06. The van der Waals surface area contributed by atoms with Gasteiger partial charge in [0.05, 0.1) is 6.04 Å². The number of nitrogens with zero attached hydrogens (tertiary/aromatic N) is 3. The van der Waals surface area contributed by atoms with Crippen LogP contribution in [0.3, 0.4) is 0 Å². The summed E-state index contributed by atoms with van der Waals surface area (Å²) >= 11 is 0. The van der Waals surface area contributed by atoms with E-state index in [9.17, 15) is 9.59 Å². The summed E-state index contributed by atoms with van der Waals surface area (Å²) in [5.74, 6) is 1.36. The molecule has 1 amide bonds. The van der Waals surface area contributed by atoms with E-state index in [1.54, 1.807) is 13.1 Å². The van der Waals surface area contributed by atoms with Gasteiger partial charge in [0.2, 0.25) is 5.91 Å². The van der Waals surface area contributed by atoms with E-state index in [-0.39, 0.29) is 23.0 Å². The van der Waals surface area contributed by atoms with E-state index < -0.39 is 0 Å². The number of carbonyl (C=O) groups is 1. The highest BCUT2D eigenvalue weighted by Crippen LogP contribution is 2.24. The third-order valence-electron chi connectivity index (χ3n) is 4.72. The van der Waals surface area contributed by atoms with Gasteiger partial charge < -0.3 is 15.2 Å². The molecule has 2 N–H and O–H groups in total. The normalized spacial score (nSPS) is 17.7. The number of H-pyrrole nitrogens is 1. The van der Waals surface area contributed by atoms with Crippen molar-refractivity contribution in [2.45, 2.75) is 52.6 Å². The number of carbonyl (C=O) groups excluding carboxylic acids is 1. The number of hydrogen-bond donors (Lipinski definition) is 2. The SMILES string of the molecule is Cc1nc(-c2ccc(NC3CC(=O)N(C(C)(C)C)C3)nc2)[nH]c(=O)c1C. The Bertz CT molecular complexity index is 880. The van der Waals surface area contributed by atoms with Crippen molar-refractivity contribution in [2.24, 2.45) is 0 Å². The lowest BCUT2D eigenvalue weighted by Crippen LogP contribution is -2.43. The quantitative estimate of drug-likeness (QED) is 0.881. The van der Waals surface area contributed by atoms with Crippen molar-refractivity contribution in [1.82, 2.24) is 19.9 Å². The van der Waals surface area contributed by atoms with Crippen LogP contribution in [0.25, 0.3) is 11.4 Å². The Morgan fingerprint density at radius 3 is 2.50 bits per heavy atom. The number of rotatable bonds is 3. The standard InChI is InChI=1S/C19H25N5O2/c1-11-12(2)21-17(23-18(11)26)13-6-7-15(20-9-13)22-14-8-16(25)24(10-14)19(3,4)5/h6-7,9,14H,8,10H2,1-5H3,(H,20,22)(H,21,23,26). The largest absolute Gasteiger partial charge is 0.365 e. The van der Waals surface area contributed by atoms with Crippen LogP contribution in [0.15, 0.2) is 23.1 Å². The molecule has 3 rings (SSSR count). The van der Waals surface area contributed by atoms with E-state index in [0.717, 1.165) is 5.56 Å². The molecule has 0 saturated carbocycles. The maximum Gasteiger partial charge on any atom is 0.254 e. The number of likely N-dealkylation sites (tertiary alicyclic amines) is 1. The molecule has 1 aliphatic rings. The second-order valence-corrected chi connectivity index (χ2v) is 7.78. The highest BCUT2D eigenvalue weighted by Gasteiger charge is 2.36. The minimum atomic E-state index is -0.175. The number of amides is 1. The van der Waals surface area contributed by atoms with Gasteiger partial charge in [-0.2, -0.15) is 0 Å². The molecule has 138 valence electrons. The van der Waals surface area contributed by atoms with E-state index in [0.29, 0.717) is 35.9 Å². The molecule has 7 heteroatoms. The number of aromatic amines is 1. The maximum absolute atomic E-state index is 12.2. The third kappa shape index (κ3) is 3.61. The summed E-state index contributed by atoms with van der Waals surface area (Å²) < 4.78 is 0. The van der Waals surface area contributed by atoms with Crippen LogP contribution in [0.4, 0.5) is 5.82 Å². The van der Waals surface area contributed by atoms with Gasteiger partial charge >= 0.3 is 0 Å². The molecule has 0 radical (unpaired) electrons. The minimum Gasteiger partial charge on any atom is -0.365 e. The summed E-state index contributed by atoms with van der Waals surface area (Å²) in [4.78, 5) is 37.6. The number of pyridine rings is 1. The number of aromatic nitrogens is 3. The second kappa shape index (κ2) is 6.55. The van der Waals surface area contributed by atoms with Crippen LogP contribution >= 0.6 is 0 Å². The zero-order valence-corrected chi connectivity index (χ0v) is 15.9. The molecule has 0 aromatic carbocycles. The highest BCUT2D eigenvalue weighted by molar-refractivity contribution is 5.80. The number of nitrogens with one attached hydrogen (secondary N) is 2. The van der Waals surface area contributed by atoms with Crippen LogP contribution < -0.4 is 10.9 Å². The Hall–Kier alpha value is -2.70. The van der Waals surface area contributed by atoms with E-state index in [4.69, 9.17) is 0 Å². The Morgan fingerprint density at radius 2 is 1.96 bits per heavy atom. The zero-order valence-electron chi connectivity index (χ0n) is 15.9. The Kier molecular flexibility index (Phi) is 4.56. The fraction of sp³-hybridized carbons (Fsp3) is 0.474. The van der Waals surface area contributed by atoms with Gasteiger partial charge in [-0.3, -0.25) is 9.59 Å². The molecule has 3 heterocycles. The number of hydrogen-bond acceptors (Lipinski definition) is 5. The van der Waals surface area contributed by atoms with Gasteiger partial charge in [0.15, 0.2) is 0 Å². The topological polar surface area (TPSA) is 91.0 Å². The lowest BCUT2D eigenvalue weighted by atomic mass is 10.1. The van der Waals surface area contributed by atoms with Crippen LogP contribution in [0, 0.1) is 13.8 Å². The van der Waals surface area contributed by atoms with Gasteiger partial charge in [-0.15, -0.1) is 0 Å². The monoisotopic (exact) mass is 355 g/mol. The Labute approximate surface area is 152 Å². The van der Waals surface area contributed by atoms with Crippen molar-refractivity contribution in [3.05, 3.63) is 39.9 Å². The first-order chi connectivity index (χ1) is 12.1. The summed E-state index contributed by atoms with van der Waals surface area (Å²) in [6.45, 7) is 10.3. The van der Waals surface area contributed by atoms with Crippen molar-refractivity contribution in [3.8, 4) is 11.4 Å². The first-order valence-electron chi connectivity index (χ1n) is 8.76. The average molecular weight is 355 g/mol. The van der Waals surface area contributed by atoms with Gasteiger partial charge in [0, 0.05) is 41.5 Å². The maximum atomic E-state index is 12.2. The molecule has 0 bridgehead atoms. The molecule has 1 unspecified atom stereocenters. The molecule has 2 aromatic rings. The minimum absolute atomic E-state index is 0.0413. The van der Waals surface area contributed by atoms with Crippen molar-refractivity contribution < 1.29 is 4.79 Å². The third-order valence-corrected chi connectivity index (χ3v) is 4.72. The molecular formula is C19H25N5O2. The van der Waals surface area contributed by atoms with E-state index >= 15 is 0 Å². The Morgan fingerprint density at radius 1 is 1.23 bits per heavy atom. The molecule has 0 aliphatic carbocycles. The molecular weight excluding hydrogens is 330 g/mol. The predicted octanol–water partition coefficient (Wildman–Crippen LogP) is 2.26. The van der Waals surface area contributed by atoms with Crippen LogP contribution in [-0.2, 0) is 4.79 Å². The summed E-state index contributed by atoms with van der Waals surface area (Å²) in [5, 5.41) is 3.32. The highest BCUT2D eigenvalue weighted by atomic mass is 16.2. The summed E-state index contributed by atoms with van der Waals surface area (Å²) in [6, 6.07) is 3.75. The molecule has 1 aliphatic heterocycles. The lowest BCUT2D eigenvalue weighted by molar-refractivity contribution is -0.131. The van der Waals surface area contributed by atoms with Crippen LogP contribution in [0.5, 0.6) is 0 Å². The van der Waals surface area contributed by atoms with Gasteiger partial charge in [0.1, 0.15) is 11.6 Å². The molecule has 26 heavy (non-hydrogen) atoms. The van der Waals surface area contributed by atoms with Crippen molar-refractivity contribution in [3.63, 3.8) is 0 Å². The van der Waals surface area contributed by atoms with Crippen LogP contribution in [0.1, 0.15) is 38.4 Å². The summed E-state index contributed by atoms with van der Waals surface area (Å²) in [7, 11) is 0. The van der Waals surface area contributed by atoms with Crippen molar-refractivity contribution >= 4 is 11.7 Å². The molecule has 1 atom stereocenters. The number of anilines is 1. The average Bonchev–Trinajstić information content (AvgIpc) is 2.93. The first kappa shape index (κ1) is 18.1. The first-order valence-corrected chi connectivity index (χ1v) is 8.76. The fourth-order valence-corrected chi connectivity index (χ4v) is 3.06. The van der Waals surface area contributed by atoms with E-state index in [2.05, 4.69) is 20.3 Å². The number of aryl methyl sites for hydroxylation is 1. The van der Waals surface area contributed by atoms with Gasteiger partial charge in [-0.25, -0.2) is 9.97 Å². The molecule has 0 spiro atoms. The van der Waals surface area contributed by atoms with E-state index in [1.165, 1.54) is 0 Å². The van der Waals surface area contributed by atoms with Crippen LogP contribution in [0.2, 0.25) is 0 Å². The summed E-state index contributed by atoms with van der Waals surface area (Å²) in [6.07, 6.45) is 2.14. The zero-order chi connectivity index (χ0) is 19.1. The van der Waals surface area contributed by atoms with Gasteiger partial charge in [-0.05, 0) is 46.8 Å². The van der Waals surface area contributed by atoms with Crippen molar-refractivity contribution in [2.75, 3.05) is 11.9 Å². The van der Waals surface area contributed by atoms with Crippen LogP contribution in [-0.4, -0.2) is 43.9 Å². The summed E-state index contributed by atoms with van der Waals surface area (Å²) in [5.41, 5.74) is 1.76. The van der Waals surface area contributed by atoms with Crippen molar-refractivity contribution in [1.29, 1.82) is 0 Å². The van der Waals surface area contributed by atoms with Gasteiger partial charge in [-0.1, -0.05) is 0 Å². The smallest absolute Gasteiger partial charge is 0.254 e. The molecule has 2 aromatic heterocycles. The molecule has 1 fully saturated rings. The van der Waals surface area contributed by atoms with E-state index in [1.807, 2.05) is 44.7 Å². The Balaban J connectivity index is 1.73.